The Morgan fingerprint density at radius 2 is 2.29 bits per heavy atom. The summed E-state index contributed by atoms with van der Waals surface area (Å²) < 4.78 is 1.68. The van der Waals surface area contributed by atoms with Crippen molar-refractivity contribution in [2.45, 2.75) is 6.54 Å². The summed E-state index contributed by atoms with van der Waals surface area (Å²) in [4.78, 5) is 6.45. The summed E-state index contributed by atoms with van der Waals surface area (Å²) in [5, 5.41) is 4.86. The van der Waals surface area contributed by atoms with Gasteiger partial charge in [-0.3, -0.25) is 4.68 Å². The minimum Gasteiger partial charge on any atom is -0.370 e. The molecule has 17 heavy (non-hydrogen) atoms. The number of nitrogens with two attached hydrogens (primary N) is 1. The molecule has 5 nitrogen and oxygen atoms in total. The van der Waals surface area contributed by atoms with Gasteiger partial charge in [-0.2, -0.15) is 16.9 Å². The first kappa shape index (κ1) is 12.6. The molecule has 0 aromatic carbocycles. The van der Waals surface area contributed by atoms with Gasteiger partial charge in [-0.1, -0.05) is 11.6 Å². The highest BCUT2D eigenvalue weighted by atomic mass is 35.5. The van der Waals surface area contributed by atoms with Gasteiger partial charge in [-0.15, -0.1) is 0 Å². The van der Waals surface area contributed by atoms with Crippen molar-refractivity contribution in [2.24, 2.45) is 17.8 Å². The van der Waals surface area contributed by atoms with Crippen LogP contribution in [-0.4, -0.2) is 45.2 Å². The van der Waals surface area contributed by atoms with Crippen molar-refractivity contribution in [1.29, 1.82) is 0 Å². The molecule has 1 fully saturated rings. The second-order valence-electron chi connectivity index (χ2n) is 3.87. The lowest BCUT2D eigenvalue weighted by atomic mass is 10.4. The van der Waals surface area contributed by atoms with Crippen LogP contribution in [0.15, 0.2) is 11.2 Å². The molecule has 0 unspecified atom stereocenters. The molecule has 0 aliphatic carbocycles. The van der Waals surface area contributed by atoms with Gasteiger partial charge < -0.3 is 10.6 Å². The molecular formula is C10H16ClN5S. The maximum absolute atomic E-state index is 6.00. The third-order valence-corrected chi connectivity index (χ3v) is 3.84. The molecule has 0 atom stereocenters. The highest BCUT2D eigenvalue weighted by molar-refractivity contribution is 7.99. The molecular weight excluding hydrogens is 258 g/mol. The zero-order chi connectivity index (χ0) is 12.3. The molecule has 2 rings (SSSR count). The van der Waals surface area contributed by atoms with Crippen LogP contribution in [0.25, 0.3) is 0 Å². The number of rotatable bonds is 2. The summed E-state index contributed by atoms with van der Waals surface area (Å²) in [6.45, 7) is 2.38. The Morgan fingerprint density at radius 1 is 1.59 bits per heavy atom. The Hall–Kier alpha value is -0.880. The molecule has 0 saturated carbocycles. The van der Waals surface area contributed by atoms with Crippen molar-refractivity contribution < 1.29 is 0 Å². The maximum atomic E-state index is 6.00. The van der Waals surface area contributed by atoms with Gasteiger partial charge in [0.15, 0.2) is 5.96 Å². The van der Waals surface area contributed by atoms with Crippen LogP contribution in [0.2, 0.25) is 5.02 Å². The van der Waals surface area contributed by atoms with Crippen LogP contribution in [0, 0.1) is 0 Å². The van der Waals surface area contributed by atoms with Crippen molar-refractivity contribution in [3.8, 4) is 0 Å². The molecule has 1 aliphatic heterocycles. The second-order valence-corrected chi connectivity index (χ2v) is 5.50. The largest absolute Gasteiger partial charge is 0.370 e. The Bertz CT molecular complexity index is 411. The van der Waals surface area contributed by atoms with E-state index in [2.05, 4.69) is 15.0 Å². The van der Waals surface area contributed by atoms with Crippen LogP contribution in [0.5, 0.6) is 0 Å². The van der Waals surface area contributed by atoms with Gasteiger partial charge in [-0.25, -0.2) is 4.99 Å². The first-order chi connectivity index (χ1) is 8.16. The Balaban J connectivity index is 1.97. The third-order valence-electron chi connectivity index (χ3n) is 2.58. The number of aromatic nitrogens is 2. The standard InChI is InChI=1S/C10H16ClN5S/c1-15-7-8(11)9(14-15)6-13-10(12)16-2-4-17-5-3-16/h7H,2-6H2,1H3,(H2,12,13). The molecule has 0 radical (unpaired) electrons. The molecule has 2 N–H and O–H groups in total. The maximum Gasteiger partial charge on any atom is 0.191 e. The van der Waals surface area contributed by atoms with E-state index in [0.29, 0.717) is 17.5 Å². The number of hydrogen-bond donors (Lipinski definition) is 1. The quantitative estimate of drug-likeness (QED) is 0.644. The highest BCUT2D eigenvalue weighted by Gasteiger charge is 2.12. The summed E-state index contributed by atoms with van der Waals surface area (Å²) in [7, 11) is 1.84. The van der Waals surface area contributed by atoms with E-state index < -0.39 is 0 Å². The number of guanidine groups is 1. The van der Waals surface area contributed by atoms with Gasteiger partial charge in [0.2, 0.25) is 0 Å². The number of aliphatic imine (C=N–C) groups is 1. The van der Waals surface area contributed by atoms with Crippen LogP contribution in [0.1, 0.15) is 5.69 Å². The van der Waals surface area contributed by atoms with Crippen molar-refractivity contribution in [3.63, 3.8) is 0 Å². The third kappa shape index (κ3) is 3.29. The lowest BCUT2D eigenvalue weighted by molar-refractivity contribution is 0.455. The van der Waals surface area contributed by atoms with Gasteiger partial charge in [0.05, 0.1) is 11.6 Å². The van der Waals surface area contributed by atoms with E-state index in [1.807, 2.05) is 18.8 Å². The monoisotopic (exact) mass is 273 g/mol. The normalized spacial score (nSPS) is 17.5. The molecule has 94 valence electrons. The highest BCUT2D eigenvalue weighted by Crippen LogP contribution is 2.14. The predicted molar refractivity (Wildman–Crippen MR) is 72.4 cm³/mol. The average Bonchev–Trinajstić information content (AvgIpc) is 2.66. The first-order valence-electron chi connectivity index (χ1n) is 5.47. The van der Waals surface area contributed by atoms with Crippen LogP contribution >= 0.6 is 23.4 Å². The average molecular weight is 274 g/mol. The molecule has 7 heteroatoms. The van der Waals surface area contributed by atoms with E-state index in [0.717, 1.165) is 30.3 Å². The van der Waals surface area contributed by atoms with Gasteiger partial charge in [0, 0.05) is 37.8 Å². The minimum absolute atomic E-state index is 0.440. The molecule has 1 aromatic heterocycles. The fraction of sp³-hybridized carbons (Fsp3) is 0.600. The van der Waals surface area contributed by atoms with Crippen LogP contribution in [0.4, 0.5) is 0 Å². The lowest BCUT2D eigenvalue weighted by Crippen LogP contribution is -2.42. The van der Waals surface area contributed by atoms with Gasteiger partial charge >= 0.3 is 0 Å². The predicted octanol–water partition coefficient (Wildman–Crippen LogP) is 0.937. The zero-order valence-electron chi connectivity index (χ0n) is 9.77. The zero-order valence-corrected chi connectivity index (χ0v) is 11.3. The van der Waals surface area contributed by atoms with E-state index in [-0.39, 0.29) is 0 Å². The van der Waals surface area contributed by atoms with Crippen molar-refractivity contribution >= 4 is 29.3 Å². The summed E-state index contributed by atoms with van der Waals surface area (Å²) in [5.74, 6) is 2.81. The summed E-state index contributed by atoms with van der Waals surface area (Å²) in [6, 6.07) is 0. The van der Waals surface area contributed by atoms with Crippen LogP contribution in [0.3, 0.4) is 0 Å². The molecule has 2 heterocycles. The topological polar surface area (TPSA) is 59.4 Å². The SMILES string of the molecule is Cn1cc(Cl)c(CN=C(N)N2CCSCC2)n1. The van der Waals surface area contributed by atoms with Crippen LogP contribution < -0.4 is 5.73 Å². The van der Waals surface area contributed by atoms with Gasteiger partial charge in [0.25, 0.3) is 0 Å². The first-order valence-corrected chi connectivity index (χ1v) is 7.00. The van der Waals surface area contributed by atoms with Crippen molar-refractivity contribution in [1.82, 2.24) is 14.7 Å². The number of halogens is 1. The van der Waals surface area contributed by atoms with E-state index in [4.69, 9.17) is 17.3 Å². The smallest absolute Gasteiger partial charge is 0.191 e. The fourth-order valence-corrected chi connectivity index (χ4v) is 2.80. The summed E-state index contributed by atoms with van der Waals surface area (Å²) in [5.41, 5.74) is 6.71. The molecule has 0 amide bonds. The molecule has 0 spiro atoms. The molecule has 1 aliphatic rings. The summed E-state index contributed by atoms with van der Waals surface area (Å²) >= 11 is 7.95. The number of nitrogens with zero attached hydrogens (tertiary/aromatic N) is 4. The van der Waals surface area contributed by atoms with E-state index in [1.165, 1.54) is 0 Å². The van der Waals surface area contributed by atoms with E-state index in [9.17, 15) is 0 Å². The molecule has 1 saturated heterocycles. The Morgan fingerprint density at radius 3 is 2.88 bits per heavy atom. The molecule has 0 bridgehead atoms. The second kappa shape index (κ2) is 5.64. The van der Waals surface area contributed by atoms with E-state index >= 15 is 0 Å². The van der Waals surface area contributed by atoms with Gasteiger partial charge in [0.1, 0.15) is 5.69 Å². The van der Waals surface area contributed by atoms with Crippen molar-refractivity contribution in [3.05, 3.63) is 16.9 Å². The summed E-state index contributed by atoms with van der Waals surface area (Å²) in [6.07, 6.45) is 1.76. The minimum atomic E-state index is 0.440. The van der Waals surface area contributed by atoms with Gasteiger partial charge in [-0.05, 0) is 0 Å². The number of aryl methyl sites for hydroxylation is 1. The lowest BCUT2D eigenvalue weighted by Gasteiger charge is -2.27. The Kier molecular flexibility index (Phi) is 4.17. The van der Waals surface area contributed by atoms with E-state index in [1.54, 1.807) is 10.9 Å². The Labute approximate surface area is 110 Å². The number of thioether (sulfide) groups is 1. The number of hydrogen-bond acceptors (Lipinski definition) is 3. The van der Waals surface area contributed by atoms with Crippen LogP contribution in [-0.2, 0) is 13.6 Å². The fourth-order valence-electron chi connectivity index (χ4n) is 1.66. The van der Waals surface area contributed by atoms with Crippen molar-refractivity contribution in [2.75, 3.05) is 24.6 Å². The molecule has 1 aromatic rings.